The minimum absolute atomic E-state index is 0.478. The Bertz CT molecular complexity index is 394. The molecule has 0 heterocycles. The van der Waals surface area contributed by atoms with Gasteiger partial charge in [0.2, 0.25) is 0 Å². The Morgan fingerprint density at radius 3 is 2.11 bits per heavy atom. The highest BCUT2D eigenvalue weighted by Crippen LogP contribution is 2.33. The van der Waals surface area contributed by atoms with Crippen LogP contribution in [0, 0.1) is 19.8 Å². The van der Waals surface area contributed by atoms with Gasteiger partial charge in [-0.1, -0.05) is 48.7 Å². The predicted octanol–water partition coefficient (Wildman–Crippen LogP) is 5.54. The third-order valence-corrected chi connectivity index (χ3v) is 4.84. The van der Waals surface area contributed by atoms with E-state index in [1.165, 1.54) is 46.8 Å². The Labute approximate surface area is 127 Å². The molecule has 1 rings (SSSR count). The third kappa shape index (κ3) is 4.32. The molecule has 1 aromatic rings. The number of aryl methyl sites for hydroxylation is 2. The van der Waals surface area contributed by atoms with Crippen molar-refractivity contribution in [1.29, 1.82) is 0 Å². The lowest BCUT2D eigenvalue weighted by Gasteiger charge is -2.29. The van der Waals surface area contributed by atoms with Crippen molar-refractivity contribution in [2.45, 2.75) is 59.4 Å². The zero-order valence-corrected chi connectivity index (χ0v) is 14.6. The van der Waals surface area contributed by atoms with Gasteiger partial charge in [-0.25, -0.2) is 0 Å². The van der Waals surface area contributed by atoms with Crippen LogP contribution in [-0.2, 0) is 0 Å². The molecule has 0 aliphatic carbocycles. The van der Waals surface area contributed by atoms with Crippen molar-refractivity contribution in [2.24, 2.45) is 5.92 Å². The van der Waals surface area contributed by atoms with Crippen LogP contribution in [0.5, 0.6) is 0 Å². The Hall–Kier alpha value is -0.340. The number of nitrogens with one attached hydrogen (secondary N) is 1. The number of hydrogen-bond donors (Lipinski definition) is 1. The molecule has 0 aromatic heterocycles. The summed E-state index contributed by atoms with van der Waals surface area (Å²) in [5, 5.41) is 3.56. The summed E-state index contributed by atoms with van der Waals surface area (Å²) < 4.78 is 1.21. The molecule has 19 heavy (non-hydrogen) atoms. The highest BCUT2D eigenvalue weighted by Gasteiger charge is 2.22. The first-order valence-electron chi connectivity index (χ1n) is 7.49. The predicted molar refractivity (Wildman–Crippen MR) is 88.7 cm³/mol. The SMILES string of the molecule is CCCC(CCC)C(NC)c1cc(C)c(Br)cc1C. The fraction of sp³-hybridized carbons (Fsp3) is 0.647. The number of rotatable bonds is 7. The molecule has 1 aromatic carbocycles. The molecule has 1 nitrogen and oxygen atoms in total. The van der Waals surface area contributed by atoms with Gasteiger partial charge in [0.1, 0.15) is 0 Å². The summed E-state index contributed by atoms with van der Waals surface area (Å²) in [6, 6.07) is 5.08. The minimum atomic E-state index is 0.478. The summed E-state index contributed by atoms with van der Waals surface area (Å²) in [4.78, 5) is 0. The maximum atomic E-state index is 3.63. The molecule has 0 saturated carbocycles. The van der Waals surface area contributed by atoms with E-state index in [1.807, 2.05) is 0 Å². The molecular weight excluding hydrogens is 298 g/mol. The van der Waals surface area contributed by atoms with E-state index in [2.05, 4.69) is 68.1 Å². The molecule has 0 bridgehead atoms. The first-order valence-corrected chi connectivity index (χ1v) is 8.28. The molecule has 0 aliphatic heterocycles. The van der Waals surface area contributed by atoms with Gasteiger partial charge in [-0.3, -0.25) is 0 Å². The van der Waals surface area contributed by atoms with Crippen LogP contribution >= 0.6 is 15.9 Å². The maximum absolute atomic E-state index is 3.63. The van der Waals surface area contributed by atoms with Crippen LogP contribution in [0.15, 0.2) is 16.6 Å². The number of halogens is 1. The van der Waals surface area contributed by atoms with E-state index < -0.39 is 0 Å². The topological polar surface area (TPSA) is 12.0 Å². The summed E-state index contributed by atoms with van der Waals surface area (Å²) >= 11 is 3.63. The van der Waals surface area contributed by atoms with Crippen molar-refractivity contribution in [2.75, 3.05) is 7.05 Å². The van der Waals surface area contributed by atoms with Gasteiger partial charge in [0.25, 0.3) is 0 Å². The van der Waals surface area contributed by atoms with Gasteiger partial charge in [0.15, 0.2) is 0 Å². The Morgan fingerprint density at radius 1 is 1.05 bits per heavy atom. The molecule has 0 spiro atoms. The molecule has 0 radical (unpaired) electrons. The second kappa shape index (κ2) is 8.06. The molecule has 0 fully saturated rings. The molecule has 1 unspecified atom stereocenters. The van der Waals surface area contributed by atoms with Crippen molar-refractivity contribution in [3.05, 3.63) is 33.3 Å². The molecule has 0 saturated heterocycles. The van der Waals surface area contributed by atoms with Crippen molar-refractivity contribution >= 4 is 15.9 Å². The Kier molecular flexibility index (Phi) is 7.09. The molecule has 108 valence electrons. The number of benzene rings is 1. The molecule has 0 amide bonds. The minimum Gasteiger partial charge on any atom is -0.313 e. The Morgan fingerprint density at radius 2 is 1.63 bits per heavy atom. The zero-order chi connectivity index (χ0) is 14.4. The molecular formula is C17H28BrN. The lowest BCUT2D eigenvalue weighted by atomic mass is 9.84. The van der Waals surface area contributed by atoms with Gasteiger partial charge in [0, 0.05) is 10.5 Å². The van der Waals surface area contributed by atoms with Crippen molar-refractivity contribution < 1.29 is 0 Å². The second-order valence-corrected chi connectivity index (χ2v) is 6.42. The van der Waals surface area contributed by atoms with E-state index in [1.54, 1.807) is 0 Å². The summed E-state index contributed by atoms with van der Waals surface area (Å²) in [6.45, 7) is 8.97. The quantitative estimate of drug-likeness (QED) is 0.693. The van der Waals surface area contributed by atoms with Gasteiger partial charge in [0.05, 0.1) is 0 Å². The van der Waals surface area contributed by atoms with Gasteiger partial charge in [-0.05, 0) is 62.4 Å². The van der Waals surface area contributed by atoms with Gasteiger partial charge >= 0.3 is 0 Å². The zero-order valence-electron chi connectivity index (χ0n) is 13.0. The van der Waals surface area contributed by atoms with Crippen molar-refractivity contribution in [3.8, 4) is 0 Å². The fourth-order valence-electron chi connectivity index (χ4n) is 3.00. The van der Waals surface area contributed by atoms with E-state index in [0.717, 1.165) is 5.92 Å². The summed E-state index contributed by atoms with van der Waals surface area (Å²) in [6.07, 6.45) is 5.12. The normalized spacial score (nSPS) is 13.0. The van der Waals surface area contributed by atoms with E-state index in [-0.39, 0.29) is 0 Å². The average molecular weight is 326 g/mol. The highest BCUT2D eigenvalue weighted by molar-refractivity contribution is 9.10. The van der Waals surface area contributed by atoms with E-state index in [0.29, 0.717) is 6.04 Å². The van der Waals surface area contributed by atoms with Crippen molar-refractivity contribution in [1.82, 2.24) is 5.32 Å². The van der Waals surface area contributed by atoms with Crippen LogP contribution in [-0.4, -0.2) is 7.05 Å². The summed E-state index contributed by atoms with van der Waals surface area (Å²) in [5.41, 5.74) is 4.18. The fourth-order valence-corrected chi connectivity index (χ4v) is 3.46. The highest BCUT2D eigenvalue weighted by atomic mass is 79.9. The second-order valence-electron chi connectivity index (χ2n) is 5.56. The monoisotopic (exact) mass is 325 g/mol. The molecule has 2 heteroatoms. The van der Waals surface area contributed by atoms with Crippen LogP contribution < -0.4 is 5.32 Å². The van der Waals surface area contributed by atoms with Crippen LogP contribution in [0.1, 0.15) is 62.3 Å². The number of hydrogen-bond acceptors (Lipinski definition) is 1. The van der Waals surface area contributed by atoms with Crippen LogP contribution in [0.4, 0.5) is 0 Å². The van der Waals surface area contributed by atoms with Crippen LogP contribution in [0.2, 0.25) is 0 Å². The summed E-state index contributed by atoms with van der Waals surface area (Å²) in [5.74, 6) is 0.735. The first kappa shape index (κ1) is 16.7. The largest absolute Gasteiger partial charge is 0.313 e. The van der Waals surface area contributed by atoms with Gasteiger partial charge < -0.3 is 5.32 Å². The van der Waals surface area contributed by atoms with Crippen LogP contribution in [0.3, 0.4) is 0 Å². The van der Waals surface area contributed by atoms with Gasteiger partial charge in [-0.15, -0.1) is 0 Å². The molecule has 1 N–H and O–H groups in total. The molecule has 1 atom stereocenters. The summed E-state index contributed by atoms with van der Waals surface area (Å²) in [7, 11) is 2.10. The van der Waals surface area contributed by atoms with E-state index in [4.69, 9.17) is 0 Å². The first-order chi connectivity index (χ1) is 9.04. The smallest absolute Gasteiger partial charge is 0.0348 e. The van der Waals surface area contributed by atoms with Gasteiger partial charge in [-0.2, -0.15) is 0 Å². The van der Waals surface area contributed by atoms with Crippen LogP contribution in [0.25, 0.3) is 0 Å². The van der Waals surface area contributed by atoms with E-state index in [9.17, 15) is 0 Å². The lowest BCUT2D eigenvalue weighted by molar-refractivity contribution is 0.330. The van der Waals surface area contributed by atoms with E-state index >= 15 is 0 Å². The Balaban J connectivity index is 3.10. The van der Waals surface area contributed by atoms with Crippen molar-refractivity contribution in [3.63, 3.8) is 0 Å². The lowest BCUT2D eigenvalue weighted by Crippen LogP contribution is -2.26. The molecule has 0 aliphatic rings. The maximum Gasteiger partial charge on any atom is 0.0348 e. The average Bonchev–Trinajstić information content (AvgIpc) is 2.37. The third-order valence-electron chi connectivity index (χ3n) is 3.98. The standard InChI is InChI=1S/C17H28BrN/c1-6-8-14(9-7-2)17(19-5)15-10-13(4)16(18)11-12(15)3/h10-11,14,17,19H,6-9H2,1-5H3.